The van der Waals surface area contributed by atoms with E-state index >= 15 is 0 Å². The van der Waals surface area contributed by atoms with E-state index in [9.17, 15) is 18.0 Å². The second-order valence-electron chi connectivity index (χ2n) is 7.79. The summed E-state index contributed by atoms with van der Waals surface area (Å²) in [6.07, 6.45) is 2.58. The highest BCUT2D eigenvalue weighted by molar-refractivity contribution is 7.89. The van der Waals surface area contributed by atoms with E-state index < -0.39 is 15.9 Å². The molecule has 2 heterocycles. The van der Waals surface area contributed by atoms with Crippen molar-refractivity contribution in [1.29, 1.82) is 0 Å². The number of aromatic nitrogens is 1. The minimum absolute atomic E-state index is 0.116. The van der Waals surface area contributed by atoms with Gasteiger partial charge < -0.3 is 9.88 Å². The van der Waals surface area contributed by atoms with Gasteiger partial charge in [0.25, 0.3) is 11.5 Å². The van der Waals surface area contributed by atoms with Gasteiger partial charge in [-0.1, -0.05) is 19.9 Å². The molecule has 1 aromatic carbocycles. The number of hydrogen-bond donors (Lipinski definition) is 1. The van der Waals surface area contributed by atoms with E-state index in [-0.39, 0.29) is 16.0 Å². The molecular weight excluding hydrogens is 390 g/mol. The lowest BCUT2D eigenvalue weighted by Crippen LogP contribution is -2.42. The fourth-order valence-electron chi connectivity index (χ4n) is 3.80. The van der Waals surface area contributed by atoms with Crippen LogP contribution in [0.2, 0.25) is 0 Å². The lowest BCUT2D eigenvalue weighted by atomic mass is 9.94. The molecule has 0 spiro atoms. The third-order valence-corrected chi connectivity index (χ3v) is 6.98. The molecule has 29 heavy (non-hydrogen) atoms. The summed E-state index contributed by atoms with van der Waals surface area (Å²) < 4.78 is 29.2. The lowest BCUT2D eigenvalue weighted by Gasteiger charge is -2.34. The van der Waals surface area contributed by atoms with Crippen molar-refractivity contribution in [2.75, 3.05) is 18.4 Å². The summed E-state index contributed by atoms with van der Waals surface area (Å²) in [5.74, 6) is 0.173. The van der Waals surface area contributed by atoms with Crippen molar-refractivity contribution < 1.29 is 13.2 Å². The van der Waals surface area contributed by atoms with E-state index in [0.29, 0.717) is 37.2 Å². The summed E-state index contributed by atoms with van der Waals surface area (Å²) >= 11 is 0. The fraction of sp³-hybridized carbons (Fsp3) is 0.429. The first-order valence-corrected chi connectivity index (χ1v) is 11.3. The molecule has 2 unspecified atom stereocenters. The smallest absolute Gasteiger partial charge is 0.255 e. The van der Waals surface area contributed by atoms with Gasteiger partial charge in [-0.05, 0) is 49.4 Å². The van der Waals surface area contributed by atoms with Crippen LogP contribution in [0.3, 0.4) is 0 Å². The third-order valence-electron chi connectivity index (χ3n) is 5.15. The number of benzene rings is 1. The Kier molecular flexibility index (Phi) is 6.24. The van der Waals surface area contributed by atoms with Crippen molar-refractivity contribution in [3.05, 3.63) is 58.5 Å². The number of carbonyl (C=O) groups is 1. The normalized spacial score (nSPS) is 20.4. The van der Waals surface area contributed by atoms with Gasteiger partial charge >= 0.3 is 0 Å². The molecule has 8 heteroatoms. The van der Waals surface area contributed by atoms with Crippen LogP contribution in [0, 0.1) is 11.8 Å². The molecule has 1 saturated heterocycles. The first kappa shape index (κ1) is 21.3. The maximum Gasteiger partial charge on any atom is 0.255 e. The quantitative estimate of drug-likeness (QED) is 0.810. The predicted octanol–water partition coefficient (Wildman–Crippen LogP) is 2.79. The third kappa shape index (κ3) is 4.76. The fourth-order valence-corrected chi connectivity index (χ4v) is 5.53. The standard InChI is InChI=1S/C21H27N3O4S/c1-4-23-14-18(8-9-20(23)25)22-21(26)17-6-5-7-19(11-17)29(27,28)24-12-15(2)10-16(3)13-24/h5-9,11,14-16H,4,10,12-13H2,1-3H3,(H,22,26). The molecule has 2 atom stereocenters. The van der Waals surface area contributed by atoms with Gasteiger partial charge in [-0.2, -0.15) is 4.31 Å². The number of rotatable bonds is 5. The molecule has 7 nitrogen and oxygen atoms in total. The number of nitrogens with one attached hydrogen (secondary N) is 1. The molecule has 1 aliphatic heterocycles. The van der Waals surface area contributed by atoms with Gasteiger partial charge in [0.1, 0.15) is 0 Å². The molecule has 1 fully saturated rings. The van der Waals surface area contributed by atoms with Crippen LogP contribution in [-0.4, -0.2) is 36.3 Å². The Morgan fingerprint density at radius 3 is 2.48 bits per heavy atom. The topological polar surface area (TPSA) is 88.5 Å². The molecular formula is C21H27N3O4S. The van der Waals surface area contributed by atoms with Crippen molar-refractivity contribution >= 4 is 21.6 Å². The Labute approximate surface area is 171 Å². The minimum atomic E-state index is -3.67. The zero-order valence-corrected chi connectivity index (χ0v) is 17.8. The zero-order chi connectivity index (χ0) is 21.2. The SMILES string of the molecule is CCn1cc(NC(=O)c2cccc(S(=O)(=O)N3CC(C)CC(C)C3)c2)ccc1=O. The number of carbonyl (C=O) groups excluding carboxylic acids is 1. The number of hydrogen-bond acceptors (Lipinski definition) is 4. The van der Waals surface area contributed by atoms with Crippen LogP contribution in [0.4, 0.5) is 5.69 Å². The van der Waals surface area contributed by atoms with Gasteiger partial charge in [0.05, 0.1) is 10.6 Å². The highest BCUT2D eigenvalue weighted by Gasteiger charge is 2.31. The van der Waals surface area contributed by atoms with Gasteiger partial charge in [-0.25, -0.2) is 8.42 Å². The molecule has 2 aromatic rings. The summed E-state index contributed by atoms with van der Waals surface area (Å²) in [4.78, 5) is 24.5. The molecule has 0 aliphatic carbocycles. The Morgan fingerprint density at radius 1 is 1.14 bits per heavy atom. The summed E-state index contributed by atoms with van der Waals surface area (Å²) in [5.41, 5.74) is 0.574. The summed E-state index contributed by atoms with van der Waals surface area (Å²) in [7, 11) is -3.67. The highest BCUT2D eigenvalue weighted by Crippen LogP contribution is 2.27. The van der Waals surface area contributed by atoms with Crippen molar-refractivity contribution in [3.8, 4) is 0 Å². The second-order valence-corrected chi connectivity index (χ2v) is 9.73. The molecule has 1 aliphatic rings. The summed E-state index contributed by atoms with van der Waals surface area (Å²) in [5, 5.41) is 2.73. The van der Waals surface area contributed by atoms with Gasteiger partial charge in [0.2, 0.25) is 10.0 Å². The molecule has 0 radical (unpaired) electrons. The van der Waals surface area contributed by atoms with Crippen LogP contribution in [0.5, 0.6) is 0 Å². The second kappa shape index (κ2) is 8.51. The monoisotopic (exact) mass is 417 g/mol. The zero-order valence-electron chi connectivity index (χ0n) is 17.0. The molecule has 1 amide bonds. The van der Waals surface area contributed by atoms with Crippen molar-refractivity contribution in [1.82, 2.24) is 8.87 Å². The van der Waals surface area contributed by atoms with Gasteiger partial charge in [-0.15, -0.1) is 0 Å². The van der Waals surface area contributed by atoms with Crippen LogP contribution in [0.15, 0.2) is 52.3 Å². The lowest BCUT2D eigenvalue weighted by molar-refractivity contribution is 0.102. The van der Waals surface area contributed by atoms with Crippen LogP contribution in [0.25, 0.3) is 0 Å². The number of anilines is 1. The average Bonchev–Trinajstić information content (AvgIpc) is 2.68. The number of sulfonamides is 1. The van der Waals surface area contributed by atoms with E-state index in [2.05, 4.69) is 19.2 Å². The maximum absolute atomic E-state index is 13.1. The van der Waals surface area contributed by atoms with E-state index in [4.69, 9.17) is 0 Å². The highest BCUT2D eigenvalue weighted by atomic mass is 32.2. The molecule has 156 valence electrons. The van der Waals surface area contributed by atoms with Crippen molar-refractivity contribution in [2.45, 2.75) is 38.6 Å². The van der Waals surface area contributed by atoms with Crippen LogP contribution in [-0.2, 0) is 16.6 Å². The predicted molar refractivity (Wildman–Crippen MR) is 112 cm³/mol. The number of piperidine rings is 1. The van der Waals surface area contributed by atoms with E-state index in [1.54, 1.807) is 18.3 Å². The molecule has 3 rings (SSSR count). The summed E-state index contributed by atoms with van der Waals surface area (Å²) in [6.45, 7) is 7.41. The van der Waals surface area contributed by atoms with Gasteiger partial charge in [0, 0.05) is 37.5 Å². The number of amides is 1. The molecule has 0 saturated carbocycles. The molecule has 0 bridgehead atoms. The Hall–Kier alpha value is -2.45. The maximum atomic E-state index is 13.1. The van der Waals surface area contributed by atoms with E-state index in [1.807, 2.05) is 6.92 Å². The van der Waals surface area contributed by atoms with Crippen LogP contribution in [0.1, 0.15) is 37.6 Å². The Balaban J connectivity index is 1.83. The molecule has 1 aromatic heterocycles. The van der Waals surface area contributed by atoms with Crippen molar-refractivity contribution in [2.24, 2.45) is 11.8 Å². The average molecular weight is 418 g/mol. The molecule has 1 N–H and O–H groups in total. The summed E-state index contributed by atoms with van der Waals surface area (Å²) in [6, 6.07) is 9.00. The first-order valence-electron chi connectivity index (χ1n) is 9.82. The van der Waals surface area contributed by atoms with Gasteiger partial charge in [-0.3, -0.25) is 9.59 Å². The number of pyridine rings is 1. The van der Waals surface area contributed by atoms with Crippen LogP contribution >= 0.6 is 0 Å². The van der Waals surface area contributed by atoms with Gasteiger partial charge in [0.15, 0.2) is 0 Å². The number of nitrogens with zero attached hydrogens (tertiary/aromatic N) is 2. The van der Waals surface area contributed by atoms with Crippen LogP contribution < -0.4 is 10.9 Å². The van der Waals surface area contributed by atoms with Crippen molar-refractivity contribution in [3.63, 3.8) is 0 Å². The Bertz CT molecular complexity index is 1050. The largest absolute Gasteiger partial charge is 0.321 e. The Morgan fingerprint density at radius 2 is 1.83 bits per heavy atom. The van der Waals surface area contributed by atoms with E-state index in [0.717, 1.165) is 6.42 Å². The number of aryl methyl sites for hydroxylation is 1. The first-order chi connectivity index (χ1) is 13.7. The minimum Gasteiger partial charge on any atom is -0.321 e. The van der Waals surface area contributed by atoms with E-state index in [1.165, 1.54) is 33.1 Å².